The van der Waals surface area contributed by atoms with E-state index in [2.05, 4.69) is 5.32 Å². The maximum Gasteiger partial charge on any atom is 0.246 e. The van der Waals surface area contributed by atoms with Gasteiger partial charge in [-0.15, -0.1) is 0 Å². The smallest absolute Gasteiger partial charge is 0.246 e. The van der Waals surface area contributed by atoms with Crippen LogP contribution in [-0.2, 0) is 24.8 Å². The van der Waals surface area contributed by atoms with Crippen molar-refractivity contribution in [2.45, 2.75) is 31.1 Å². The lowest BCUT2D eigenvalue weighted by molar-refractivity contribution is -0.114. The molecular formula is C23H31N3O7S2. The van der Waals surface area contributed by atoms with Gasteiger partial charge in [-0.2, -0.15) is 4.31 Å². The minimum atomic E-state index is -3.82. The fourth-order valence-corrected chi connectivity index (χ4v) is 6.36. The van der Waals surface area contributed by atoms with Crippen LogP contribution in [0.1, 0.15) is 26.2 Å². The topological polar surface area (TPSA) is 122 Å². The molecule has 1 saturated heterocycles. The molecule has 1 amide bonds. The maximum absolute atomic E-state index is 13.2. The van der Waals surface area contributed by atoms with Gasteiger partial charge in [0.15, 0.2) is 0 Å². The molecule has 1 heterocycles. The van der Waals surface area contributed by atoms with Crippen LogP contribution in [0.15, 0.2) is 47.4 Å². The normalized spacial score (nSPS) is 14.8. The Morgan fingerprint density at radius 1 is 1.03 bits per heavy atom. The van der Waals surface area contributed by atoms with Crippen molar-refractivity contribution in [3.8, 4) is 11.5 Å². The summed E-state index contributed by atoms with van der Waals surface area (Å²) in [4.78, 5) is 12.7. The molecule has 1 aliphatic heterocycles. The van der Waals surface area contributed by atoms with Crippen LogP contribution < -0.4 is 19.1 Å². The molecule has 1 aliphatic rings. The number of piperidine rings is 1. The molecule has 2 aromatic carbocycles. The molecule has 0 aromatic heterocycles. The Balaban J connectivity index is 1.82. The summed E-state index contributed by atoms with van der Waals surface area (Å²) in [6, 6.07) is 10.7. The third-order valence-electron chi connectivity index (χ3n) is 5.50. The number of ether oxygens (including phenoxy) is 2. The summed E-state index contributed by atoms with van der Waals surface area (Å²) in [5.74, 6) is 0.117. The monoisotopic (exact) mass is 525 g/mol. The third-order valence-corrected chi connectivity index (χ3v) is 8.56. The molecule has 12 heteroatoms. The van der Waals surface area contributed by atoms with Gasteiger partial charge in [-0.05, 0) is 62.2 Å². The van der Waals surface area contributed by atoms with Gasteiger partial charge in [-0.3, -0.25) is 9.10 Å². The highest BCUT2D eigenvalue weighted by Crippen LogP contribution is 2.31. The van der Waals surface area contributed by atoms with E-state index in [4.69, 9.17) is 9.47 Å². The Bertz CT molecular complexity index is 1240. The number of benzene rings is 2. The van der Waals surface area contributed by atoms with Gasteiger partial charge in [0, 0.05) is 18.8 Å². The minimum absolute atomic E-state index is 0.0498. The number of nitrogens with zero attached hydrogens (tertiary/aromatic N) is 2. The van der Waals surface area contributed by atoms with Crippen LogP contribution in [0.2, 0.25) is 0 Å². The van der Waals surface area contributed by atoms with Gasteiger partial charge in [-0.25, -0.2) is 16.8 Å². The molecule has 1 fully saturated rings. The number of sulfonamides is 2. The van der Waals surface area contributed by atoms with E-state index in [9.17, 15) is 21.6 Å². The molecule has 192 valence electrons. The number of carbonyl (C=O) groups excluding carboxylic acids is 1. The average Bonchev–Trinajstić information content (AvgIpc) is 2.83. The first-order chi connectivity index (χ1) is 16.6. The summed E-state index contributed by atoms with van der Waals surface area (Å²) >= 11 is 0. The highest BCUT2D eigenvalue weighted by atomic mass is 32.2. The van der Waals surface area contributed by atoms with E-state index in [1.165, 1.54) is 29.6 Å². The van der Waals surface area contributed by atoms with Gasteiger partial charge in [0.2, 0.25) is 26.0 Å². The van der Waals surface area contributed by atoms with Crippen molar-refractivity contribution in [3.05, 3.63) is 42.5 Å². The van der Waals surface area contributed by atoms with Gasteiger partial charge in [-0.1, -0.05) is 6.42 Å². The highest BCUT2D eigenvalue weighted by molar-refractivity contribution is 7.92. The van der Waals surface area contributed by atoms with Crippen molar-refractivity contribution in [1.29, 1.82) is 0 Å². The van der Waals surface area contributed by atoms with Crippen molar-refractivity contribution in [2.24, 2.45) is 0 Å². The van der Waals surface area contributed by atoms with Gasteiger partial charge >= 0.3 is 0 Å². The van der Waals surface area contributed by atoms with Crippen LogP contribution in [0.5, 0.6) is 11.5 Å². The van der Waals surface area contributed by atoms with E-state index in [1.54, 1.807) is 24.3 Å². The Morgan fingerprint density at radius 3 is 2.26 bits per heavy atom. The van der Waals surface area contributed by atoms with Crippen LogP contribution in [0.3, 0.4) is 0 Å². The first-order valence-corrected chi connectivity index (χ1v) is 14.5. The lowest BCUT2D eigenvalue weighted by atomic mass is 10.2. The fourth-order valence-electron chi connectivity index (χ4n) is 3.81. The zero-order valence-electron chi connectivity index (χ0n) is 20.1. The van der Waals surface area contributed by atoms with Crippen molar-refractivity contribution in [3.63, 3.8) is 0 Å². The quantitative estimate of drug-likeness (QED) is 0.506. The molecule has 0 radical (unpaired) electrons. The number of hydrogen-bond donors (Lipinski definition) is 1. The number of carbonyl (C=O) groups is 1. The van der Waals surface area contributed by atoms with Crippen molar-refractivity contribution < 1.29 is 31.1 Å². The van der Waals surface area contributed by atoms with Gasteiger partial charge in [0.25, 0.3) is 0 Å². The maximum atomic E-state index is 13.2. The number of anilines is 2. The zero-order chi connectivity index (χ0) is 25.6. The molecule has 3 rings (SSSR count). The van der Waals surface area contributed by atoms with Crippen molar-refractivity contribution >= 4 is 37.3 Å². The molecule has 35 heavy (non-hydrogen) atoms. The number of rotatable bonds is 10. The molecule has 0 bridgehead atoms. The fraction of sp³-hybridized carbons (Fsp3) is 0.435. The van der Waals surface area contributed by atoms with Crippen LogP contribution in [-0.4, -0.2) is 66.7 Å². The molecule has 0 atom stereocenters. The molecule has 0 unspecified atom stereocenters. The summed E-state index contributed by atoms with van der Waals surface area (Å²) in [7, 11) is -6.22. The first kappa shape index (κ1) is 26.8. The third kappa shape index (κ3) is 6.65. The second-order valence-corrected chi connectivity index (χ2v) is 11.9. The molecule has 10 nitrogen and oxygen atoms in total. The second kappa shape index (κ2) is 11.3. The summed E-state index contributed by atoms with van der Waals surface area (Å²) in [5, 5.41) is 2.60. The van der Waals surface area contributed by atoms with Gasteiger partial charge in [0.05, 0.1) is 25.7 Å². The standard InChI is InChI=1S/C23H31N3O7S2/c1-4-33-20-11-9-19(10-12-20)26(34(3,28)29)17-23(27)24-18-8-13-21(32-2)22(16-18)35(30,31)25-14-6-5-7-15-25/h8-13,16H,4-7,14-15,17H2,1-3H3,(H,24,27). The Labute approximate surface area is 206 Å². The van der Waals surface area contributed by atoms with E-state index in [-0.39, 0.29) is 16.3 Å². The van der Waals surface area contributed by atoms with E-state index < -0.39 is 32.5 Å². The number of methoxy groups -OCH3 is 1. The Kier molecular flexibility index (Phi) is 8.62. The predicted molar refractivity (Wildman–Crippen MR) is 134 cm³/mol. The number of nitrogens with one attached hydrogen (secondary N) is 1. The van der Waals surface area contributed by atoms with Crippen LogP contribution >= 0.6 is 0 Å². The predicted octanol–water partition coefficient (Wildman–Crippen LogP) is 2.67. The van der Waals surface area contributed by atoms with Crippen LogP contribution in [0, 0.1) is 0 Å². The average molecular weight is 526 g/mol. The molecule has 0 saturated carbocycles. The zero-order valence-corrected chi connectivity index (χ0v) is 21.7. The molecule has 0 aliphatic carbocycles. The second-order valence-electron chi connectivity index (χ2n) is 8.08. The van der Waals surface area contributed by atoms with Crippen LogP contribution in [0.25, 0.3) is 0 Å². The lowest BCUT2D eigenvalue weighted by Crippen LogP contribution is -2.37. The van der Waals surface area contributed by atoms with Crippen molar-refractivity contribution in [1.82, 2.24) is 4.31 Å². The summed E-state index contributed by atoms with van der Waals surface area (Å²) in [6.07, 6.45) is 3.55. The summed E-state index contributed by atoms with van der Waals surface area (Å²) < 4.78 is 64.2. The minimum Gasteiger partial charge on any atom is -0.495 e. The van der Waals surface area contributed by atoms with E-state index in [0.717, 1.165) is 29.8 Å². The highest BCUT2D eigenvalue weighted by Gasteiger charge is 2.29. The molecule has 2 aromatic rings. The van der Waals surface area contributed by atoms with E-state index in [0.29, 0.717) is 31.1 Å². The largest absolute Gasteiger partial charge is 0.495 e. The SMILES string of the molecule is CCOc1ccc(N(CC(=O)Nc2ccc(OC)c(S(=O)(=O)N3CCCCC3)c2)S(C)(=O)=O)cc1. The summed E-state index contributed by atoms with van der Waals surface area (Å²) in [6.45, 7) is 2.66. The van der Waals surface area contributed by atoms with E-state index >= 15 is 0 Å². The number of amides is 1. The summed E-state index contributed by atoms with van der Waals surface area (Å²) in [5.41, 5.74) is 0.515. The molecular weight excluding hydrogens is 494 g/mol. The Hall–Kier alpha value is -2.83. The molecule has 0 spiro atoms. The Morgan fingerprint density at radius 2 is 1.69 bits per heavy atom. The van der Waals surface area contributed by atoms with Gasteiger partial charge < -0.3 is 14.8 Å². The van der Waals surface area contributed by atoms with E-state index in [1.807, 2.05) is 6.92 Å². The van der Waals surface area contributed by atoms with Gasteiger partial charge in [0.1, 0.15) is 22.9 Å². The van der Waals surface area contributed by atoms with Crippen molar-refractivity contribution in [2.75, 3.05) is 49.2 Å². The molecule has 1 N–H and O–H groups in total. The first-order valence-electron chi connectivity index (χ1n) is 11.2. The lowest BCUT2D eigenvalue weighted by Gasteiger charge is -2.27. The number of hydrogen-bond acceptors (Lipinski definition) is 7. The van der Waals surface area contributed by atoms with Crippen LogP contribution in [0.4, 0.5) is 11.4 Å².